The van der Waals surface area contributed by atoms with Crippen LogP contribution in [0.15, 0.2) is 30.3 Å². The van der Waals surface area contributed by atoms with E-state index in [1.54, 1.807) is 0 Å². The molecule has 1 aromatic carbocycles. The second-order valence-corrected chi connectivity index (χ2v) is 6.07. The molecule has 1 heterocycles. The third-order valence-corrected chi connectivity index (χ3v) is 4.92. The summed E-state index contributed by atoms with van der Waals surface area (Å²) in [5.74, 6) is 2.77. The quantitative estimate of drug-likeness (QED) is 0.634. The Labute approximate surface area is 129 Å². The van der Waals surface area contributed by atoms with E-state index >= 15 is 0 Å². The lowest BCUT2D eigenvalue weighted by molar-refractivity contribution is 0.0716. The molecule has 0 amide bonds. The van der Waals surface area contributed by atoms with Crippen LogP contribution >= 0.6 is 0 Å². The number of hydrogen-bond donors (Lipinski definition) is 1. The van der Waals surface area contributed by atoms with E-state index in [2.05, 4.69) is 60.3 Å². The maximum absolute atomic E-state index is 5.41. The molecule has 0 spiro atoms. The van der Waals surface area contributed by atoms with Gasteiger partial charge in [-0.3, -0.25) is 4.90 Å². The Hall–Kier alpha value is -1.30. The lowest BCUT2D eigenvalue weighted by Gasteiger charge is -2.47. The summed E-state index contributed by atoms with van der Waals surface area (Å²) in [6.45, 7) is 7.82. The molecular weight excluding hydrogens is 256 g/mol. The Kier molecular flexibility index (Phi) is 5.85. The normalized spacial score (nSPS) is 21.9. The van der Waals surface area contributed by atoms with Gasteiger partial charge in [0, 0.05) is 31.1 Å². The number of hydrogen-bond acceptors (Lipinski definition) is 2. The molecule has 1 fully saturated rings. The molecule has 2 rings (SSSR count). The van der Waals surface area contributed by atoms with E-state index in [1.807, 2.05) is 0 Å². The van der Waals surface area contributed by atoms with Crippen LogP contribution in [0.5, 0.6) is 0 Å². The van der Waals surface area contributed by atoms with Gasteiger partial charge in [0.05, 0.1) is 0 Å². The Morgan fingerprint density at radius 1 is 1.29 bits per heavy atom. The van der Waals surface area contributed by atoms with E-state index in [1.165, 1.54) is 18.4 Å². The van der Waals surface area contributed by atoms with Crippen LogP contribution in [0.25, 0.3) is 0 Å². The van der Waals surface area contributed by atoms with Crippen LogP contribution in [0.2, 0.25) is 0 Å². The summed E-state index contributed by atoms with van der Waals surface area (Å²) in [5.41, 5.74) is 1.67. The molecule has 114 valence electrons. The van der Waals surface area contributed by atoms with E-state index < -0.39 is 0 Å². The second-order valence-electron chi connectivity index (χ2n) is 6.07. The molecule has 1 unspecified atom stereocenters. The molecule has 0 aliphatic carbocycles. The Bertz CT molecular complexity index is 456. The molecule has 1 aliphatic rings. The highest BCUT2D eigenvalue weighted by Gasteiger charge is 2.36. The van der Waals surface area contributed by atoms with Crippen molar-refractivity contribution in [2.45, 2.75) is 51.1 Å². The molecule has 0 radical (unpaired) electrons. The summed E-state index contributed by atoms with van der Waals surface area (Å²) in [7, 11) is 0. The molecule has 1 saturated heterocycles. The zero-order valence-electron chi connectivity index (χ0n) is 13.4. The summed E-state index contributed by atoms with van der Waals surface area (Å²) in [6, 6.07) is 11.3. The van der Waals surface area contributed by atoms with E-state index in [0.717, 1.165) is 32.5 Å². The molecule has 1 atom stereocenters. The fourth-order valence-corrected chi connectivity index (χ4v) is 3.34. The highest BCUT2D eigenvalue weighted by Crippen LogP contribution is 2.30. The van der Waals surface area contributed by atoms with Crippen LogP contribution < -0.4 is 5.32 Å². The minimum atomic E-state index is 0.265. The zero-order chi connectivity index (χ0) is 15.1. The second kappa shape index (κ2) is 7.64. The SMILES string of the molecule is C#CCCCN1CC(CC)(CC)NCC1c1ccccc1. The van der Waals surface area contributed by atoms with Crippen LogP contribution in [0.3, 0.4) is 0 Å². The van der Waals surface area contributed by atoms with Gasteiger partial charge in [0.15, 0.2) is 0 Å². The minimum absolute atomic E-state index is 0.265. The standard InChI is InChI=1S/C19H28N2/c1-4-7-11-14-21-16-19(5-2,6-3)20-15-18(21)17-12-9-8-10-13-17/h1,8-10,12-13,18,20H,5-7,11,14-16H2,2-3H3. The number of nitrogens with one attached hydrogen (secondary N) is 1. The smallest absolute Gasteiger partial charge is 0.0473 e. The highest BCUT2D eigenvalue weighted by molar-refractivity contribution is 5.21. The van der Waals surface area contributed by atoms with Gasteiger partial charge in [0.25, 0.3) is 0 Å². The van der Waals surface area contributed by atoms with Crippen LogP contribution in [-0.4, -0.2) is 30.1 Å². The number of terminal acetylenes is 1. The summed E-state index contributed by atoms with van der Waals surface area (Å²) < 4.78 is 0. The molecule has 0 aromatic heterocycles. The van der Waals surface area contributed by atoms with E-state index in [9.17, 15) is 0 Å². The first-order valence-corrected chi connectivity index (χ1v) is 8.22. The van der Waals surface area contributed by atoms with Crippen molar-refractivity contribution in [1.82, 2.24) is 10.2 Å². The van der Waals surface area contributed by atoms with Gasteiger partial charge in [0.1, 0.15) is 0 Å². The number of nitrogens with zero attached hydrogens (tertiary/aromatic N) is 1. The lowest BCUT2D eigenvalue weighted by Crippen LogP contribution is -2.60. The van der Waals surface area contributed by atoms with Gasteiger partial charge in [0.2, 0.25) is 0 Å². The summed E-state index contributed by atoms with van der Waals surface area (Å²) in [5, 5.41) is 3.82. The Morgan fingerprint density at radius 2 is 2.00 bits per heavy atom. The molecule has 2 nitrogen and oxygen atoms in total. The highest BCUT2D eigenvalue weighted by atomic mass is 15.3. The maximum Gasteiger partial charge on any atom is 0.0473 e. The molecule has 0 saturated carbocycles. The molecular formula is C19H28N2. The molecule has 0 bridgehead atoms. The number of rotatable bonds is 6. The first kappa shape index (κ1) is 16.1. The number of piperazine rings is 1. The predicted molar refractivity (Wildman–Crippen MR) is 90.1 cm³/mol. The van der Waals surface area contributed by atoms with Crippen molar-refractivity contribution >= 4 is 0 Å². The molecule has 2 heteroatoms. The fourth-order valence-electron chi connectivity index (χ4n) is 3.34. The van der Waals surface area contributed by atoms with Crippen molar-refractivity contribution in [2.75, 3.05) is 19.6 Å². The van der Waals surface area contributed by atoms with Crippen molar-refractivity contribution in [1.29, 1.82) is 0 Å². The predicted octanol–water partition coefficient (Wildman–Crippen LogP) is 3.61. The van der Waals surface area contributed by atoms with Gasteiger partial charge < -0.3 is 5.32 Å². The minimum Gasteiger partial charge on any atom is -0.308 e. The van der Waals surface area contributed by atoms with Crippen molar-refractivity contribution in [3.05, 3.63) is 35.9 Å². The average Bonchev–Trinajstić information content (AvgIpc) is 2.56. The van der Waals surface area contributed by atoms with Crippen LogP contribution in [-0.2, 0) is 0 Å². The first-order chi connectivity index (χ1) is 10.2. The monoisotopic (exact) mass is 284 g/mol. The van der Waals surface area contributed by atoms with Crippen molar-refractivity contribution in [2.24, 2.45) is 0 Å². The molecule has 1 aliphatic heterocycles. The molecule has 1 aromatic rings. The van der Waals surface area contributed by atoms with Gasteiger partial charge in [-0.15, -0.1) is 12.3 Å². The summed E-state index contributed by atoms with van der Waals surface area (Å²) in [6.07, 6.45) is 9.73. The van der Waals surface area contributed by atoms with Crippen molar-refractivity contribution in [3.63, 3.8) is 0 Å². The maximum atomic E-state index is 5.41. The zero-order valence-corrected chi connectivity index (χ0v) is 13.4. The van der Waals surface area contributed by atoms with Gasteiger partial charge in [-0.2, -0.15) is 0 Å². The van der Waals surface area contributed by atoms with E-state index in [4.69, 9.17) is 6.42 Å². The Morgan fingerprint density at radius 3 is 2.62 bits per heavy atom. The Balaban J connectivity index is 2.14. The molecule has 21 heavy (non-hydrogen) atoms. The average molecular weight is 284 g/mol. The first-order valence-electron chi connectivity index (χ1n) is 8.22. The number of benzene rings is 1. The van der Waals surface area contributed by atoms with Crippen LogP contribution in [0, 0.1) is 12.3 Å². The van der Waals surface area contributed by atoms with Gasteiger partial charge in [-0.05, 0) is 31.4 Å². The van der Waals surface area contributed by atoms with Crippen LogP contribution in [0.1, 0.15) is 51.1 Å². The fraction of sp³-hybridized carbons (Fsp3) is 0.579. The molecule has 1 N–H and O–H groups in total. The van der Waals surface area contributed by atoms with Gasteiger partial charge in [-0.1, -0.05) is 44.2 Å². The van der Waals surface area contributed by atoms with Gasteiger partial charge in [-0.25, -0.2) is 0 Å². The van der Waals surface area contributed by atoms with Crippen molar-refractivity contribution < 1.29 is 0 Å². The van der Waals surface area contributed by atoms with Crippen molar-refractivity contribution in [3.8, 4) is 12.3 Å². The summed E-state index contributed by atoms with van der Waals surface area (Å²) >= 11 is 0. The third kappa shape index (κ3) is 3.87. The largest absolute Gasteiger partial charge is 0.308 e. The lowest BCUT2D eigenvalue weighted by atomic mass is 9.87. The third-order valence-electron chi connectivity index (χ3n) is 4.92. The topological polar surface area (TPSA) is 15.3 Å². The van der Waals surface area contributed by atoms with Crippen LogP contribution in [0.4, 0.5) is 0 Å². The van der Waals surface area contributed by atoms with E-state index in [0.29, 0.717) is 6.04 Å². The number of unbranched alkanes of at least 4 members (excludes halogenated alkanes) is 1. The van der Waals surface area contributed by atoms with E-state index in [-0.39, 0.29) is 5.54 Å². The van der Waals surface area contributed by atoms with Gasteiger partial charge >= 0.3 is 0 Å². The summed E-state index contributed by atoms with van der Waals surface area (Å²) in [4.78, 5) is 2.64.